The summed E-state index contributed by atoms with van der Waals surface area (Å²) >= 11 is 7.02. The molecule has 2 unspecified atom stereocenters. The third-order valence-corrected chi connectivity index (χ3v) is 7.87. The molecule has 8 nitrogen and oxygen atoms in total. The van der Waals surface area contributed by atoms with Crippen molar-refractivity contribution in [2.24, 2.45) is 0 Å². The molecule has 3 atom stereocenters. The van der Waals surface area contributed by atoms with Crippen molar-refractivity contribution in [2.75, 3.05) is 0 Å². The van der Waals surface area contributed by atoms with Gasteiger partial charge in [0.1, 0.15) is 21.5 Å². The lowest BCUT2D eigenvalue weighted by molar-refractivity contribution is 0.0417. The summed E-state index contributed by atoms with van der Waals surface area (Å²) < 4.78 is 17.3. The van der Waals surface area contributed by atoms with Crippen LogP contribution in [0.5, 0.6) is 0 Å². The van der Waals surface area contributed by atoms with Crippen molar-refractivity contribution in [1.29, 1.82) is 0 Å². The molecule has 1 amide bonds. The van der Waals surface area contributed by atoms with Crippen molar-refractivity contribution in [1.82, 2.24) is 29.8 Å². The first-order chi connectivity index (χ1) is 18.5. The Kier molecular flexibility index (Phi) is 6.61. The third-order valence-electron chi connectivity index (χ3n) is 6.76. The van der Waals surface area contributed by atoms with Crippen molar-refractivity contribution < 1.29 is 14.3 Å². The summed E-state index contributed by atoms with van der Waals surface area (Å²) in [5.41, 5.74) is 2.90. The van der Waals surface area contributed by atoms with E-state index in [0.29, 0.717) is 51.0 Å². The van der Waals surface area contributed by atoms with Gasteiger partial charge in [-0.3, -0.25) is 14.8 Å². The molecule has 4 heterocycles. The predicted octanol–water partition coefficient (Wildman–Crippen LogP) is 5.29. The normalized spacial score (nSPS) is 19.5. The summed E-state index contributed by atoms with van der Waals surface area (Å²) in [4.78, 5) is 30.5. The van der Waals surface area contributed by atoms with E-state index in [1.165, 1.54) is 12.3 Å². The number of hydrogen-bond donors (Lipinski definition) is 2. The lowest BCUT2D eigenvalue weighted by Crippen LogP contribution is -2.49. The number of imidazole rings is 1. The number of hydrogen-bond acceptors (Lipinski definition) is 7. The fourth-order valence-corrected chi connectivity index (χ4v) is 5.82. The highest BCUT2D eigenvalue weighted by atomic mass is 35.5. The molecule has 38 heavy (non-hydrogen) atoms. The molecule has 6 rings (SSSR count). The SMILES string of the molecule is O=C(NC1CCC[C@H](n2c(-c3ccccc3F)nc3cnc(-c4ccccn4)cc32)C1O)c1ncc(Cl)s1. The van der Waals surface area contributed by atoms with Gasteiger partial charge in [-0.05, 0) is 49.6 Å². The summed E-state index contributed by atoms with van der Waals surface area (Å²) in [5.74, 6) is -0.420. The van der Waals surface area contributed by atoms with E-state index in [-0.39, 0.29) is 5.01 Å². The van der Waals surface area contributed by atoms with E-state index in [2.05, 4.69) is 20.3 Å². The lowest BCUT2D eigenvalue weighted by Gasteiger charge is -2.36. The monoisotopic (exact) mass is 548 g/mol. The first-order valence-corrected chi connectivity index (χ1v) is 13.3. The number of thiazole rings is 1. The third kappa shape index (κ3) is 4.55. The van der Waals surface area contributed by atoms with Crippen molar-refractivity contribution in [3.63, 3.8) is 0 Å². The molecule has 1 aliphatic rings. The Hall–Kier alpha value is -3.73. The molecule has 1 aromatic carbocycles. The average Bonchev–Trinajstić information content (AvgIpc) is 3.54. The van der Waals surface area contributed by atoms with Crippen molar-refractivity contribution in [3.05, 3.63) is 82.3 Å². The van der Waals surface area contributed by atoms with Crippen LogP contribution in [-0.4, -0.2) is 47.7 Å². The summed E-state index contributed by atoms with van der Waals surface area (Å²) in [6.07, 6.45) is 5.73. The fraction of sp³-hybridized carbons (Fsp3) is 0.222. The molecular formula is C27H22ClFN6O2S. The maximum atomic E-state index is 15.0. The van der Waals surface area contributed by atoms with Gasteiger partial charge in [-0.25, -0.2) is 14.4 Å². The average molecular weight is 549 g/mol. The Labute approximate surface area is 226 Å². The molecular weight excluding hydrogens is 527 g/mol. The van der Waals surface area contributed by atoms with E-state index in [1.807, 2.05) is 28.8 Å². The first kappa shape index (κ1) is 24.6. The molecule has 4 aromatic heterocycles. The van der Waals surface area contributed by atoms with E-state index in [1.54, 1.807) is 30.6 Å². The van der Waals surface area contributed by atoms with Gasteiger partial charge in [0, 0.05) is 6.20 Å². The van der Waals surface area contributed by atoms with Gasteiger partial charge in [-0.1, -0.05) is 41.1 Å². The highest BCUT2D eigenvalue weighted by molar-refractivity contribution is 7.17. The van der Waals surface area contributed by atoms with E-state index in [4.69, 9.17) is 16.6 Å². The summed E-state index contributed by atoms with van der Waals surface area (Å²) in [6, 6.07) is 12.8. The van der Waals surface area contributed by atoms with Gasteiger partial charge in [0.2, 0.25) is 0 Å². The van der Waals surface area contributed by atoms with Crippen molar-refractivity contribution >= 4 is 39.9 Å². The summed E-state index contributed by atoms with van der Waals surface area (Å²) in [7, 11) is 0. The number of carbonyl (C=O) groups is 1. The number of aromatic nitrogens is 5. The maximum absolute atomic E-state index is 15.0. The smallest absolute Gasteiger partial charge is 0.280 e. The van der Waals surface area contributed by atoms with Crippen LogP contribution in [0.4, 0.5) is 4.39 Å². The number of pyridine rings is 2. The van der Waals surface area contributed by atoms with Crippen LogP contribution in [0, 0.1) is 5.82 Å². The molecule has 0 spiro atoms. The lowest BCUT2D eigenvalue weighted by atomic mass is 9.87. The fourth-order valence-electron chi connectivity index (χ4n) is 5.01. The number of aliphatic hydroxyl groups excluding tert-OH is 1. The molecule has 0 radical (unpaired) electrons. The molecule has 0 saturated heterocycles. The highest BCUT2D eigenvalue weighted by Gasteiger charge is 2.37. The standard InChI is InChI=1S/C27H22ClFN6O2S/c28-23-14-32-27(38-23)26(37)34-18-9-5-10-21(24(18)36)35-22-12-19(17-8-3-4-11-30-17)31-13-20(22)33-25(35)15-6-1-2-7-16(15)29/h1-4,6-8,11-14,18,21,24,36H,5,9-10H2,(H,34,37)/t18?,21-,24?/m0/s1. The minimum Gasteiger partial charge on any atom is -0.389 e. The second-order valence-electron chi connectivity index (χ2n) is 9.10. The van der Waals surface area contributed by atoms with Gasteiger partial charge in [0.05, 0.1) is 53.0 Å². The van der Waals surface area contributed by atoms with E-state index in [9.17, 15) is 9.90 Å². The van der Waals surface area contributed by atoms with E-state index < -0.39 is 29.9 Å². The number of fused-ring (bicyclic) bond motifs is 1. The van der Waals surface area contributed by atoms with Gasteiger partial charge in [0.25, 0.3) is 5.91 Å². The van der Waals surface area contributed by atoms with Crippen LogP contribution in [0.2, 0.25) is 4.34 Å². The second kappa shape index (κ2) is 10.2. The molecule has 1 aliphatic carbocycles. The number of carbonyl (C=O) groups excluding carboxylic acids is 1. The molecule has 192 valence electrons. The van der Waals surface area contributed by atoms with Crippen LogP contribution < -0.4 is 5.32 Å². The van der Waals surface area contributed by atoms with Crippen molar-refractivity contribution in [3.8, 4) is 22.8 Å². The topological polar surface area (TPSA) is 106 Å². The van der Waals surface area contributed by atoms with Crippen LogP contribution in [0.1, 0.15) is 35.1 Å². The minimum absolute atomic E-state index is 0.232. The Bertz CT molecular complexity index is 1620. The second-order valence-corrected chi connectivity index (χ2v) is 10.8. The molecule has 1 saturated carbocycles. The number of aliphatic hydroxyl groups is 1. The zero-order valence-electron chi connectivity index (χ0n) is 20.0. The number of halogens is 2. The number of rotatable bonds is 5. The quantitative estimate of drug-likeness (QED) is 0.309. The van der Waals surface area contributed by atoms with Gasteiger partial charge in [-0.2, -0.15) is 0 Å². The maximum Gasteiger partial charge on any atom is 0.280 e. The number of benzene rings is 1. The Morgan fingerprint density at radius 1 is 1.08 bits per heavy atom. The van der Waals surface area contributed by atoms with Crippen LogP contribution in [0.25, 0.3) is 33.8 Å². The largest absolute Gasteiger partial charge is 0.389 e. The Morgan fingerprint density at radius 2 is 1.92 bits per heavy atom. The molecule has 11 heteroatoms. The molecule has 2 N–H and O–H groups in total. The van der Waals surface area contributed by atoms with Crippen LogP contribution in [0.15, 0.2) is 67.1 Å². The number of nitrogens with one attached hydrogen (secondary N) is 1. The minimum atomic E-state index is -0.961. The van der Waals surface area contributed by atoms with Gasteiger partial charge in [0.15, 0.2) is 5.01 Å². The Balaban J connectivity index is 1.44. The number of amides is 1. The van der Waals surface area contributed by atoms with Gasteiger partial charge < -0.3 is 15.0 Å². The molecule has 0 bridgehead atoms. The van der Waals surface area contributed by atoms with E-state index in [0.717, 1.165) is 17.8 Å². The van der Waals surface area contributed by atoms with Gasteiger partial charge in [-0.15, -0.1) is 0 Å². The predicted molar refractivity (Wildman–Crippen MR) is 143 cm³/mol. The first-order valence-electron chi connectivity index (χ1n) is 12.1. The zero-order valence-corrected chi connectivity index (χ0v) is 21.5. The van der Waals surface area contributed by atoms with E-state index >= 15 is 4.39 Å². The summed E-state index contributed by atoms with van der Waals surface area (Å²) in [5, 5.41) is 14.7. The summed E-state index contributed by atoms with van der Waals surface area (Å²) in [6.45, 7) is 0. The van der Waals surface area contributed by atoms with Gasteiger partial charge >= 0.3 is 0 Å². The zero-order chi connectivity index (χ0) is 26.2. The van der Waals surface area contributed by atoms with Crippen LogP contribution >= 0.6 is 22.9 Å². The van der Waals surface area contributed by atoms with Crippen molar-refractivity contribution in [2.45, 2.75) is 37.5 Å². The molecule has 5 aromatic rings. The number of nitrogens with zero attached hydrogens (tertiary/aromatic N) is 5. The van der Waals surface area contributed by atoms with Crippen LogP contribution in [0.3, 0.4) is 0 Å². The molecule has 1 fully saturated rings. The highest BCUT2D eigenvalue weighted by Crippen LogP contribution is 2.38. The Morgan fingerprint density at radius 3 is 2.68 bits per heavy atom. The van der Waals surface area contributed by atoms with Crippen LogP contribution in [-0.2, 0) is 0 Å². The molecule has 0 aliphatic heterocycles.